The quantitative estimate of drug-likeness (QED) is 0.363. The number of esters is 1. The van der Waals surface area contributed by atoms with E-state index in [2.05, 4.69) is 5.10 Å². The maximum Gasteiger partial charge on any atom is 0.359 e. The highest BCUT2D eigenvalue weighted by molar-refractivity contribution is 6.30. The standard InChI is InChI=1S/C26H19ClN4O4/c27-18-8-6-11-20(16-18)30(15-7-14-28)23(32)17-35-26(34)24-21-12-4-5-13-22(21)25(33)31(29-24)19-9-2-1-3-10-19/h1-6,8-13,16H,7,15,17H2. The average molecular weight is 487 g/mol. The number of aromatic nitrogens is 2. The molecule has 0 aliphatic rings. The summed E-state index contributed by atoms with van der Waals surface area (Å²) in [7, 11) is 0. The van der Waals surface area contributed by atoms with Crippen LogP contribution in [-0.4, -0.2) is 34.8 Å². The fraction of sp³-hybridized carbons (Fsp3) is 0.115. The highest BCUT2D eigenvalue weighted by Crippen LogP contribution is 2.21. The maximum absolute atomic E-state index is 13.0. The van der Waals surface area contributed by atoms with Gasteiger partial charge >= 0.3 is 5.97 Å². The van der Waals surface area contributed by atoms with E-state index in [-0.39, 0.29) is 24.2 Å². The molecule has 0 N–H and O–H groups in total. The summed E-state index contributed by atoms with van der Waals surface area (Å²) in [6, 6.07) is 23.9. The first-order valence-corrected chi connectivity index (χ1v) is 11.0. The van der Waals surface area contributed by atoms with Crippen LogP contribution in [-0.2, 0) is 9.53 Å². The van der Waals surface area contributed by atoms with Crippen molar-refractivity contribution < 1.29 is 14.3 Å². The van der Waals surface area contributed by atoms with Gasteiger partial charge in [-0.15, -0.1) is 0 Å². The summed E-state index contributed by atoms with van der Waals surface area (Å²) < 4.78 is 6.45. The van der Waals surface area contributed by atoms with Crippen LogP contribution in [0.1, 0.15) is 16.9 Å². The lowest BCUT2D eigenvalue weighted by Crippen LogP contribution is -2.35. The van der Waals surface area contributed by atoms with Gasteiger partial charge in [0.1, 0.15) is 0 Å². The molecule has 1 aromatic heterocycles. The Bertz CT molecular complexity index is 1500. The predicted molar refractivity (Wildman–Crippen MR) is 132 cm³/mol. The van der Waals surface area contributed by atoms with Crippen molar-refractivity contribution in [3.63, 3.8) is 0 Å². The van der Waals surface area contributed by atoms with Crippen LogP contribution in [0.25, 0.3) is 16.5 Å². The van der Waals surface area contributed by atoms with Crippen molar-refractivity contribution in [2.75, 3.05) is 18.1 Å². The Balaban J connectivity index is 1.63. The largest absolute Gasteiger partial charge is 0.451 e. The van der Waals surface area contributed by atoms with Crippen molar-refractivity contribution in [1.29, 1.82) is 5.26 Å². The second-order valence-electron chi connectivity index (χ2n) is 7.46. The summed E-state index contributed by atoms with van der Waals surface area (Å²) in [6.45, 7) is -0.482. The monoisotopic (exact) mass is 486 g/mol. The van der Waals surface area contributed by atoms with E-state index in [9.17, 15) is 14.4 Å². The summed E-state index contributed by atoms with van der Waals surface area (Å²) in [5.74, 6) is -1.39. The van der Waals surface area contributed by atoms with Crippen LogP contribution in [0.15, 0.2) is 83.7 Å². The van der Waals surface area contributed by atoms with Gasteiger partial charge in [0, 0.05) is 22.6 Å². The van der Waals surface area contributed by atoms with E-state index in [4.69, 9.17) is 21.6 Å². The molecule has 9 heteroatoms. The Morgan fingerprint density at radius 2 is 1.71 bits per heavy atom. The molecule has 0 saturated carbocycles. The second-order valence-corrected chi connectivity index (χ2v) is 7.89. The minimum Gasteiger partial charge on any atom is -0.451 e. The molecule has 0 spiro atoms. The molecule has 1 heterocycles. The van der Waals surface area contributed by atoms with E-state index in [0.717, 1.165) is 4.68 Å². The van der Waals surface area contributed by atoms with Crippen LogP contribution in [0.4, 0.5) is 5.69 Å². The molecule has 3 aromatic carbocycles. The summed E-state index contributed by atoms with van der Waals surface area (Å²) in [5.41, 5.74) is 0.485. The number of nitriles is 1. The molecule has 0 fully saturated rings. The third-order valence-corrected chi connectivity index (χ3v) is 5.43. The first-order chi connectivity index (χ1) is 17.0. The number of anilines is 1. The lowest BCUT2D eigenvalue weighted by molar-refractivity contribution is -0.121. The molecule has 0 bridgehead atoms. The molecule has 4 rings (SSSR count). The van der Waals surface area contributed by atoms with Gasteiger partial charge in [-0.1, -0.05) is 54.1 Å². The molecular weight excluding hydrogens is 468 g/mol. The zero-order valence-corrected chi connectivity index (χ0v) is 19.2. The number of ether oxygens (including phenoxy) is 1. The van der Waals surface area contributed by atoms with Gasteiger partial charge < -0.3 is 9.64 Å². The number of fused-ring (bicyclic) bond motifs is 1. The van der Waals surface area contributed by atoms with Crippen LogP contribution in [0.3, 0.4) is 0 Å². The SMILES string of the molecule is N#CCCN(C(=O)COC(=O)c1nn(-c2ccccc2)c(=O)c2ccccc12)c1cccc(Cl)c1. The van der Waals surface area contributed by atoms with Gasteiger partial charge in [0.2, 0.25) is 0 Å². The van der Waals surface area contributed by atoms with Gasteiger partial charge in [-0.3, -0.25) is 9.59 Å². The number of hydrogen-bond donors (Lipinski definition) is 0. The third kappa shape index (κ3) is 5.21. The van der Waals surface area contributed by atoms with E-state index < -0.39 is 18.5 Å². The maximum atomic E-state index is 13.0. The molecule has 0 aliphatic carbocycles. The van der Waals surface area contributed by atoms with Gasteiger partial charge in [-0.25, -0.2) is 4.79 Å². The number of hydrogen-bond acceptors (Lipinski definition) is 6. The van der Waals surface area contributed by atoms with E-state index in [1.807, 2.05) is 6.07 Å². The average Bonchev–Trinajstić information content (AvgIpc) is 2.88. The van der Waals surface area contributed by atoms with E-state index >= 15 is 0 Å². The predicted octanol–water partition coefficient (Wildman–Crippen LogP) is 4.14. The zero-order valence-electron chi connectivity index (χ0n) is 18.4. The number of nitrogens with zero attached hydrogens (tertiary/aromatic N) is 4. The first-order valence-electron chi connectivity index (χ1n) is 10.7. The van der Waals surface area contributed by atoms with Crippen LogP contribution in [0.5, 0.6) is 0 Å². The molecule has 0 radical (unpaired) electrons. The van der Waals surface area contributed by atoms with Crippen LogP contribution in [0, 0.1) is 11.3 Å². The number of amides is 1. The summed E-state index contributed by atoms with van der Waals surface area (Å²) >= 11 is 6.04. The van der Waals surface area contributed by atoms with Crippen molar-refractivity contribution in [3.8, 4) is 11.8 Å². The number of rotatable bonds is 7. The minimum atomic E-state index is -0.856. The molecule has 1 amide bonds. The Labute approximate surface area is 205 Å². The molecule has 0 unspecified atom stereocenters. The van der Waals surface area contributed by atoms with Crippen molar-refractivity contribution >= 4 is 39.9 Å². The highest BCUT2D eigenvalue weighted by atomic mass is 35.5. The number of halogens is 1. The first kappa shape index (κ1) is 23.7. The van der Waals surface area contributed by atoms with E-state index in [0.29, 0.717) is 27.2 Å². The molecule has 0 saturated heterocycles. The fourth-order valence-corrected chi connectivity index (χ4v) is 3.75. The van der Waals surface area contributed by atoms with Crippen LogP contribution in [0.2, 0.25) is 5.02 Å². The fourth-order valence-electron chi connectivity index (χ4n) is 3.56. The van der Waals surface area contributed by atoms with Gasteiger partial charge in [0.05, 0.1) is 23.6 Å². The molecule has 4 aromatic rings. The Kier molecular flexibility index (Phi) is 7.19. The van der Waals surface area contributed by atoms with Gasteiger partial charge in [0.15, 0.2) is 12.3 Å². The molecule has 0 aliphatic heterocycles. The Morgan fingerprint density at radius 3 is 2.43 bits per heavy atom. The highest BCUT2D eigenvalue weighted by Gasteiger charge is 2.22. The topological polar surface area (TPSA) is 105 Å². The van der Waals surface area contributed by atoms with Gasteiger partial charge in [-0.2, -0.15) is 15.0 Å². The van der Waals surface area contributed by atoms with Crippen molar-refractivity contribution in [2.45, 2.75) is 6.42 Å². The summed E-state index contributed by atoms with van der Waals surface area (Å²) in [5, 5.41) is 14.3. The van der Waals surface area contributed by atoms with Crippen LogP contribution >= 0.6 is 11.6 Å². The Morgan fingerprint density at radius 1 is 1.00 bits per heavy atom. The van der Waals surface area contributed by atoms with Gasteiger partial charge in [-0.05, 0) is 36.4 Å². The minimum absolute atomic E-state index is 0.0838. The molecular formula is C26H19ClN4O4. The third-order valence-electron chi connectivity index (χ3n) is 5.19. The van der Waals surface area contributed by atoms with Crippen LogP contribution < -0.4 is 10.5 Å². The number of para-hydroxylation sites is 1. The number of carbonyl (C=O) groups excluding carboxylic acids is 2. The molecule has 35 heavy (non-hydrogen) atoms. The van der Waals surface area contributed by atoms with E-state index in [1.54, 1.807) is 78.9 Å². The lowest BCUT2D eigenvalue weighted by Gasteiger charge is -2.22. The van der Waals surface area contributed by atoms with Gasteiger partial charge in [0.25, 0.3) is 11.5 Å². The number of benzene rings is 3. The Hall–Kier alpha value is -4.48. The van der Waals surface area contributed by atoms with Crippen molar-refractivity contribution in [3.05, 3.63) is 99.9 Å². The summed E-state index contributed by atoms with van der Waals surface area (Å²) in [4.78, 5) is 40.3. The smallest absolute Gasteiger partial charge is 0.359 e. The number of carbonyl (C=O) groups is 2. The van der Waals surface area contributed by atoms with Crippen molar-refractivity contribution in [2.24, 2.45) is 0 Å². The second kappa shape index (κ2) is 10.6. The zero-order chi connectivity index (χ0) is 24.8. The molecule has 174 valence electrons. The molecule has 8 nitrogen and oxygen atoms in total. The normalized spacial score (nSPS) is 10.5. The van der Waals surface area contributed by atoms with E-state index in [1.165, 1.54) is 4.90 Å². The van der Waals surface area contributed by atoms with Crippen molar-refractivity contribution in [1.82, 2.24) is 9.78 Å². The molecule has 0 atom stereocenters. The lowest BCUT2D eigenvalue weighted by atomic mass is 10.1. The summed E-state index contributed by atoms with van der Waals surface area (Å²) in [6.07, 6.45) is 0.0838.